The summed E-state index contributed by atoms with van der Waals surface area (Å²) in [6.07, 6.45) is 3.17. The summed E-state index contributed by atoms with van der Waals surface area (Å²) in [6, 6.07) is 6.88. The highest BCUT2D eigenvalue weighted by atomic mass is 32.2. The SMILES string of the molecule is C=CCC(c1ccc(C)c(C)c1)[C@H]1CS1. The number of thioether (sulfide) groups is 1. The summed E-state index contributed by atoms with van der Waals surface area (Å²) in [6.45, 7) is 8.24. The molecule has 2 atom stereocenters. The van der Waals surface area contributed by atoms with Crippen molar-refractivity contribution in [2.24, 2.45) is 0 Å². The van der Waals surface area contributed by atoms with Crippen molar-refractivity contribution in [2.45, 2.75) is 31.4 Å². The molecule has 15 heavy (non-hydrogen) atoms. The number of aryl methyl sites for hydroxylation is 2. The molecule has 2 rings (SSSR count). The fourth-order valence-corrected chi connectivity index (χ4v) is 2.81. The topological polar surface area (TPSA) is 0 Å². The van der Waals surface area contributed by atoms with Crippen LogP contribution in [0.1, 0.15) is 29.0 Å². The van der Waals surface area contributed by atoms with Crippen molar-refractivity contribution in [1.82, 2.24) is 0 Å². The van der Waals surface area contributed by atoms with Gasteiger partial charge in [-0.3, -0.25) is 0 Å². The molecule has 1 aliphatic rings. The van der Waals surface area contributed by atoms with E-state index < -0.39 is 0 Å². The lowest BCUT2D eigenvalue weighted by Gasteiger charge is -2.15. The van der Waals surface area contributed by atoms with E-state index in [0.717, 1.165) is 11.7 Å². The standard InChI is InChI=1S/C14H18S/c1-4-5-13(14-9-15-14)12-7-6-10(2)11(3)8-12/h4,6-8,13-14H,1,5,9H2,2-3H3/t13?,14-/m1/s1. The van der Waals surface area contributed by atoms with Gasteiger partial charge in [-0.05, 0) is 42.9 Å². The maximum Gasteiger partial charge on any atom is 0.0210 e. The van der Waals surface area contributed by atoms with Gasteiger partial charge in [0.25, 0.3) is 0 Å². The smallest absolute Gasteiger partial charge is 0.0210 e. The number of benzene rings is 1. The molecule has 1 fully saturated rings. The van der Waals surface area contributed by atoms with Gasteiger partial charge in [0.15, 0.2) is 0 Å². The maximum atomic E-state index is 3.87. The van der Waals surface area contributed by atoms with Crippen molar-refractivity contribution in [2.75, 3.05) is 5.75 Å². The lowest BCUT2D eigenvalue weighted by atomic mass is 9.91. The molecule has 0 aromatic heterocycles. The van der Waals surface area contributed by atoms with Gasteiger partial charge in [0.2, 0.25) is 0 Å². The van der Waals surface area contributed by atoms with E-state index in [-0.39, 0.29) is 0 Å². The maximum absolute atomic E-state index is 3.87. The molecule has 1 unspecified atom stereocenters. The molecule has 0 bridgehead atoms. The van der Waals surface area contributed by atoms with Gasteiger partial charge < -0.3 is 0 Å². The van der Waals surface area contributed by atoms with Gasteiger partial charge in [-0.15, -0.1) is 6.58 Å². The van der Waals surface area contributed by atoms with E-state index in [4.69, 9.17) is 0 Å². The average molecular weight is 218 g/mol. The molecule has 1 saturated heterocycles. The molecule has 0 spiro atoms. The fourth-order valence-electron chi connectivity index (χ4n) is 1.97. The first-order valence-corrected chi connectivity index (χ1v) is 6.57. The van der Waals surface area contributed by atoms with E-state index >= 15 is 0 Å². The van der Waals surface area contributed by atoms with Crippen molar-refractivity contribution in [1.29, 1.82) is 0 Å². The molecule has 1 heteroatoms. The molecule has 1 aliphatic heterocycles. The van der Waals surface area contributed by atoms with Gasteiger partial charge >= 0.3 is 0 Å². The summed E-state index contributed by atoms with van der Waals surface area (Å²) in [4.78, 5) is 0. The van der Waals surface area contributed by atoms with Crippen LogP contribution >= 0.6 is 11.8 Å². The Morgan fingerprint density at radius 2 is 2.20 bits per heavy atom. The lowest BCUT2D eigenvalue weighted by molar-refractivity contribution is 0.728. The third-order valence-corrected chi connectivity index (χ3v) is 4.23. The molecule has 0 saturated carbocycles. The van der Waals surface area contributed by atoms with Gasteiger partial charge in [-0.2, -0.15) is 11.8 Å². The highest BCUT2D eigenvalue weighted by Crippen LogP contribution is 2.44. The quantitative estimate of drug-likeness (QED) is 0.542. The summed E-state index contributed by atoms with van der Waals surface area (Å²) in [7, 11) is 0. The van der Waals surface area contributed by atoms with Crippen molar-refractivity contribution >= 4 is 11.8 Å². The average Bonchev–Trinajstić information content (AvgIpc) is 3.02. The summed E-state index contributed by atoms with van der Waals surface area (Å²) in [5, 5.41) is 0.838. The first-order valence-electron chi connectivity index (χ1n) is 5.52. The van der Waals surface area contributed by atoms with Crippen molar-refractivity contribution < 1.29 is 0 Å². The zero-order valence-electron chi connectivity index (χ0n) is 9.49. The molecule has 0 amide bonds. The molecule has 0 nitrogen and oxygen atoms in total. The Kier molecular flexibility index (Phi) is 3.20. The Hall–Kier alpha value is -0.690. The van der Waals surface area contributed by atoms with E-state index in [1.54, 1.807) is 0 Å². The lowest BCUT2D eigenvalue weighted by Crippen LogP contribution is -2.04. The predicted octanol–water partition coefficient (Wildman–Crippen LogP) is 4.08. The Balaban J connectivity index is 2.24. The summed E-state index contributed by atoms with van der Waals surface area (Å²) >= 11 is 2.07. The second-order valence-corrected chi connectivity index (χ2v) is 5.62. The molecule has 0 radical (unpaired) electrons. The van der Waals surface area contributed by atoms with E-state index in [2.05, 4.69) is 56.5 Å². The van der Waals surface area contributed by atoms with Crippen molar-refractivity contribution in [3.05, 3.63) is 47.5 Å². The van der Waals surface area contributed by atoms with Gasteiger partial charge in [-0.25, -0.2) is 0 Å². The van der Waals surface area contributed by atoms with Crippen LogP contribution in [0.15, 0.2) is 30.9 Å². The fraction of sp³-hybridized carbons (Fsp3) is 0.429. The second-order valence-electron chi connectivity index (χ2n) is 4.35. The molecular weight excluding hydrogens is 200 g/mol. The summed E-state index contributed by atoms with van der Waals surface area (Å²) in [5.41, 5.74) is 4.29. The Bertz CT molecular complexity index is 364. The Morgan fingerprint density at radius 3 is 2.73 bits per heavy atom. The highest BCUT2D eigenvalue weighted by Gasteiger charge is 2.32. The molecule has 1 heterocycles. The van der Waals surface area contributed by atoms with Crippen molar-refractivity contribution in [3.8, 4) is 0 Å². The molecule has 0 N–H and O–H groups in total. The normalized spacial score (nSPS) is 21.1. The molecular formula is C14H18S. The number of hydrogen-bond donors (Lipinski definition) is 0. The van der Waals surface area contributed by atoms with Crippen molar-refractivity contribution in [3.63, 3.8) is 0 Å². The third kappa shape index (κ3) is 2.46. The van der Waals surface area contributed by atoms with Gasteiger partial charge in [0, 0.05) is 11.0 Å². The Labute approximate surface area is 96.8 Å². The van der Waals surface area contributed by atoms with E-state index in [1.807, 2.05) is 0 Å². The molecule has 1 aromatic rings. The molecule has 80 valence electrons. The van der Waals surface area contributed by atoms with Crippen LogP contribution < -0.4 is 0 Å². The van der Waals surface area contributed by atoms with Gasteiger partial charge in [0.05, 0.1) is 0 Å². The van der Waals surface area contributed by atoms with Crippen LogP contribution in [0.4, 0.5) is 0 Å². The first-order chi connectivity index (χ1) is 7.22. The first kappa shape index (κ1) is 10.8. The number of hydrogen-bond acceptors (Lipinski definition) is 1. The highest BCUT2D eigenvalue weighted by molar-refractivity contribution is 8.06. The van der Waals surface area contributed by atoms with E-state index in [0.29, 0.717) is 5.92 Å². The van der Waals surface area contributed by atoms with Crippen LogP contribution in [0, 0.1) is 13.8 Å². The van der Waals surface area contributed by atoms with Crippen LogP contribution in [0.5, 0.6) is 0 Å². The Morgan fingerprint density at radius 1 is 1.47 bits per heavy atom. The minimum atomic E-state index is 0.687. The summed E-state index contributed by atoms with van der Waals surface area (Å²) in [5.74, 6) is 2.01. The predicted molar refractivity (Wildman–Crippen MR) is 69.7 cm³/mol. The van der Waals surface area contributed by atoms with Crippen LogP contribution in [-0.4, -0.2) is 11.0 Å². The minimum absolute atomic E-state index is 0.687. The number of allylic oxidation sites excluding steroid dienone is 1. The van der Waals surface area contributed by atoms with Crippen LogP contribution in [0.3, 0.4) is 0 Å². The zero-order chi connectivity index (χ0) is 10.8. The molecule has 0 aliphatic carbocycles. The van der Waals surface area contributed by atoms with E-state index in [1.165, 1.54) is 22.4 Å². The van der Waals surface area contributed by atoms with Crippen LogP contribution in [0.2, 0.25) is 0 Å². The third-order valence-electron chi connectivity index (χ3n) is 3.19. The molecule has 1 aromatic carbocycles. The monoisotopic (exact) mass is 218 g/mol. The van der Waals surface area contributed by atoms with Gasteiger partial charge in [0.1, 0.15) is 0 Å². The van der Waals surface area contributed by atoms with Crippen LogP contribution in [-0.2, 0) is 0 Å². The van der Waals surface area contributed by atoms with Crippen LogP contribution in [0.25, 0.3) is 0 Å². The zero-order valence-corrected chi connectivity index (χ0v) is 10.3. The summed E-state index contributed by atoms with van der Waals surface area (Å²) < 4.78 is 0. The minimum Gasteiger partial charge on any atom is -0.156 e. The van der Waals surface area contributed by atoms with Gasteiger partial charge in [-0.1, -0.05) is 24.3 Å². The second kappa shape index (κ2) is 4.44. The number of rotatable bonds is 4. The van der Waals surface area contributed by atoms with E-state index in [9.17, 15) is 0 Å². The largest absolute Gasteiger partial charge is 0.156 e.